The van der Waals surface area contributed by atoms with E-state index in [1.165, 1.54) is 11.1 Å². The van der Waals surface area contributed by atoms with Gasteiger partial charge in [-0.25, -0.2) is 4.79 Å². The standard InChI is InChI=1S/C11H14ClN.C6H10O7/c12-7-10-8-13-6-5-9-3-1-2-4-11(9)10;7-1-2(8)3(9)4(10)5(11)6(12)13/h1-4,10,13H,5-8H2;1-5,8-11H,(H,12,13)/t;2-,3+,4-,5-/m.0/s1. The largest absolute Gasteiger partial charge is 0.479 e. The third kappa shape index (κ3) is 6.31. The fourth-order valence-corrected chi connectivity index (χ4v) is 2.80. The van der Waals surface area contributed by atoms with Gasteiger partial charge in [-0.05, 0) is 24.1 Å². The van der Waals surface area contributed by atoms with Crippen LogP contribution < -0.4 is 5.32 Å². The molecular formula is C17H24ClNO7. The molecule has 5 atom stereocenters. The number of rotatable bonds is 6. The number of aldehydes is 1. The van der Waals surface area contributed by atoms with Crippen molar-refractivity contribution in [1.29, 1.82) is 0 Å². The van der Waals surface area contributed by atoms with Crippen molar-refractivity contribution in [2.75, 3.05) is 19.0 Å². The van der Waals surface area contributed by atoms with E-state index in [0.29, 0.717) is 11.8 Å². The molecule has 6 N–H and O–H groups in total. The van der Waals surface area contributed by atoms with Crippen molar-refractivity contribution < 1.29 is 35.1 Å². The minimum Gasteiger partial charge on any atom is -0.479 e. The average molecular weight is 390 g/mol. The number of aliphatic carboxylic acids is 1. The van der Waals surface area contributed by atoms with Gasteiger partial charge in [0.05, 0.1) is 0 Å². The van der Waals surface area contributed by atoms with Crippen LogP contribution in [0.3, 0.4) is 0 Å². The summed E-state index contributed by atoms with van der Waals surface area (Å²) in [5, 5.41) is 46.6. The number of nitrogens with one attached hydrogen (secondary N) is 1. The van der Waals surface area contributed by atoms with Gasteiger partial charge in [0, 0.05) is 18.3 Å². The van der Waals surface area contributed by atoms with Crippen LogP contribution in [0.1, 0.15) is 17.0 Å². The van der Waals surface area contributed by atoms with Gasteiger partial charge < -0.3 is 35.6 Å². The van der Waals surface area contributed by atoms with Crippen molar-refractivity contribution in [1.82, 2.24) is 5.32 Å². The van der Waals surface area contributed by atoms with Crippen molar-refractivity contribution in [3.63, 3.8) is 0 Å². The maximum Gasteiger partial charge on any atom is 0.335 e. The van der Waals surface area contributed by atoms with Gasteiger partial charge in [0.2, 0.25) is 0 Å². The third-order valence-corrected chi connectivity index (χ3v) is 4.43. The van der Waals surface area contributed by atoms with E-state index in [9.17, 15) is 9.59 Å². The summed E-state index contributed by atoms with van der Waals surface area (Å²) in [5.41, 5.74) is 2.89. The normalized spacial score (nSPS) is 21.0. The van der Waals surface area contributed by atoms with Crippen LogP contribution in [0.2, 0.25) is 0 Å². The molecule has 8 nitrogen and oxygen atoms in total. The number of carbonyl (C=O) groups excluding carboxylic acids is 1. The van der Waals surface area contributed by atoms with Crippen molar-refractivity contribution in [3.05, 3.63) is 35.4 Å². The first-order valence-electron chi connectivity index (χ1n) is 8.08. The van der Waals surface area contributed by atoms with Gasteiger partial charge in [0.1, 0.15) is 18.3 Å². The lowest BCUT2D eigenvalue weighted by atomic mass is 9.95. The minimum atomic E-state index is -2.25. The fourth-order valence-electron chi connectivity index (χ4n) is 2.52. The monoisotopic (exact) mass is 389 g/mol. The van der Waals surface area contributed by atoms with E-state index >= 15 is 0 Å². The Morgan fingerprint density at radius 2 is 1.88 bits per heavy atom. The molecule has 1 aromatic rings. The van der Waals surface area contributed by atoms with E-state index in [-0.39, 0.29) is 6.29 Å². The topological polar surface area (TPSA) is 147 Å². The third-order valence-electron chi connectivity index (χ3n) is 4.06. The lowest BCUT2D eigenvalue weighted by Gasteiger charge is -2.21. The number of carboxylic acids is 1. The predicted molar refractivity (Wildman–Crippen MR) is 94.2 cm³/mol. The van der Waals surface area contributed by atoms with Crippen LogP contribution in [0, 0.1) is 0 Å². The summed E-state index contributed by atoms with van der Waals surface area (Å²) in [6.45, 7) is 2.09. The molecule has 1 aliphatic rings. The van der Waals surface area contributed by atoms with E-state index in [4.69, 9.17) is 37.1 Å². The summed E-state index contributed by atoms with van der Waals surface area (Å²) in [5.74, 6) is -0.561. The molecule has 9 heteroatoms. The quantitative estimate of drug-likeness (QED) is 0.264. The highest BCUT2D eigenvalue weighted by atomic mass is 35.5. The van der Waals surface area contributed by atoms with Crippen LogP contribution in [0.5, 0.6) is 0 Å². The van der Waals surface area contributed by atoms with E-state index in [1.807, 2.05) is 0 Å². The molecule has 1 unspecified atom stereocenters. The molecule has 0 fully saturated rings. The number of carboxylic acid groups (broad SMARTS) is 1. The highest BCUT2D eigenvalue weighted by Crippen LogP contribution is 2.23. The molecule has 0 saturated heterocycles. The zero-order valence-corrected chi connectivity index (χ0v) is 14.8. The second kappa shape index (κ2) is 11.2. The SMILES string of the molecule is ClCC1CNCCc2ccccc21.O=C[C@H](O)[C@@H](O)[C@H](O)[C@H](O)C(=O)O. The van der Waals surface area contributed by atoms with Crippen molar-refractivity contribution in [3.8, 4) is 0 Å². The highest BCUT2D eigenvalue weighted by molar-refractivity contribution is 6.18. The molecule has 0 aliphatic carbocycles. The zero-order chi connectivity index (χ0) is 19.7. The van der Waals surface area contributed by atoms with Crippen molar-refractivity contribution in [2.45, 2.75) is 36.8 Å². The van der Waals surface area contributed by atoms with Gasteiger partial charge in [-0.1, -0.05) is 24.3 Å². The van der Waals surface area contributed by atoms with Gasteiger partial charge >= 0.3 is 5.97 Å². The number of benzene rings is 1. The Balaban J connectivity index is 0.000000260. The van der Waals surface area contributed by atoms with Crippen molar-refractivity contribution >= 4 is 23.9 Å². The lowest BCUT2D eigenvalue weighted by molar-refractivity contribution is -0.163. The second-order valence-corrected chi connectivity index (χ2v) is 6.20. The maximum atomic E-state index is 10.1. The molecule has 0 amide bonds. The highest BCUT2D eigenvalue weighted by Gasteiger charge is 2.34. The van der Waals surface area contributed by atoms with Crippen LogP contribution >= 0.6 is 11.6 Å². The molecule has 0 saturated carbocycles. The Labute approximate surface area is 156 Å². The number of aliphatic hydroxyl groups is 4. The second-order valence-electron chi connectivity index (χ2n) is 5.90. The van der Waals surface area contributed by atoms with Crippen LogP contribution in [0.15, 0.2) is 24.3 Å². The number of aliphatic hydroxyl groups excluding tert-OH is 4. The Morgan fingerprint density at radius 1 is 1.23 bits per heavy atom. The number of fused-ring (bicyclic) bond motifs is 1. The van der Waals surface area contributed by atoms with E-state index in [1.54, 1.807) is 0 Å². The molecule has 0 radical (unpaired) electrons. The number of halogens is 1. The molecule has 2 rings (SSSR count). The van der Waals surface area contributed by atoms with Gasteiger partial charge in [-0.15, -0.1) is 11.6 Å². The number of hydrogen-bond acceptors (Lipinski definition) is 7. The Kier molecular flexibility index (Phi) is 9.71. The summed E-state index contributed by atoms with van der Waals surface area (Å²) in [6, 6.07) is 8.62. The van der Waals surface area contributed by atoms with Crippen LogP contribution in [-0.4, -0.2) is 81.2 Å². The van der Waals surface area contributed by atoms with E-state index in [0.717, 1.165) is 19.5 Å². The van der Waals surface area contributed by atoms with Crippen LogP contribution in [-0.2, 0) is 16.0 Å². The smallest absolute Gasteiger partial charge is 0.335 e. The zero-order valence-electron chi connectivity index (χ0n) is 14.0. The van der Waals surface area contributed by atoms with Crippen molar-refractivity contribution in [2.24, 2.45) is 0 Å². The summed E-state index contributed by atoms with van der Waals surface area (Å²) < 4.78 is 0. The molecule has 0 spiro atoms. The molecule has 1 aromatic carbocycles. The maximum absolute atomic E-state index is 10.1. The minimum absolute atomic E-state index is 0.0809. The first-order valence-corrected chi connectivity index (χ1v) is 8.61. The number of alkyl halides is 1. The lowest BCUT2D eigenvalue weighted by Crippen LogP contribution is -2.48. The first kappa shape index (κ1) is 22.5. The Bertz CT molecular complexity index is 586. The van der Waals surface area contributed by atoms with Gasteiger partial charge in [-0.2, -0.15) is 0 Å². The molecule has 0 bridgehead atoms. The Hall–Kier alpha value is -1.55. The fraction of sp³-hybridized carbons (Fsp3) is 0.529. The molecule has 146 valence electrons. The van der Waals surface area contributed by atoms with Gasteiger partial charge in [0.15, 0.2) is 12.4 Å². The first-order chi connectivity index (χ1) is 12.3. The predicted octanol–water partition coefficient (Wildman–Crippen LogP) is -1.13. The average Bonchev–Trinajstić information content (AvgIpc) is 2.87. The summed E-state index contributed by atoms with van der Waals surface area (Å²) in [4.78, 5) is 20.0. The Morgan fingerprint density at radius 3 is 2.46 bits per heavy atom. The van der Waals surface area contributed by atoms with E-state index < -0.39 is 30.4 Å². The number of hydrogen-bond donors (Lipinski definition) is 6. The summed E-state index contributed by atoms with van der Waals surface area (Å²) in [6.07, 6.45) is -7.26. The molecule has 1 heterocycles. The van der Waals surface area contributed by atoms with Gasteiger partial charge in [-0.3, -0.25) is 0 Å². The van der Waals surface area contributed by atoms with Gasteiger partial charge in [0.25, 0.3) is 0 Å². The molecule has 0 aromatic heterocycles. The van der Waals surface area contributed by atoms with E-state index in [2.05, 4.69) is 29.6 Å². The molecular weight excluding hydrogens is 366 g/mol. The molecule has 26 heavy (non-hydrogen) atoms. The summed E-state index contributed by atoms with van der Waals surface area (Å²) in [7, 11) is 0. The van der Waals surface area contributed by atoms with Crippen LogP contribution in [0.4, 0.5) is 0 Å². The molecule has 1 aliphatic heterocycles. The summed E-state index contributed by atoms with van der Waals surface area (Å²) >= 11 is 5.94. The van der Waals surface area contributed by atoms with Crippen LogP contribution in [0.25, 0.3) is 0 Å². The number of carbonyl (C=O) groups is 2.